The number of benzene rings is 1. The van der Waals surface area contributed by atoms with Gasteiger partial charge in [0.25, 0.3) is 0 Å². The van der Waals surface area contributed by atoms with E-state index in [2.05, 4.69) is 15.9 Å². The summed E-state index contributed by atoms with van der Waals surface area (Å²) in [5, 5.41) is 0. The number of likely N-dealkylation sites (N-methyl/N-ethyl adjacent to an activating group) is 1. The molecule has 1 aromatic carbocycles. The summed E-state index contributed by atoms with van der Waals surface area (Å²) in [5.41, 5.74) is 0.931. The lowest BCUT2D eigenvalue weighted by Crippen LogP contribution is -2.38. The maximum atomic E-state index is 12.1. The largest absolute Gasteiger partial charge is 0.341 e. The molecule has 19 heavy (non-hydrogen) atoms. The summed E-state index contributed by atoms with van der Waals surface area (Å²) in [6.07, 6.45) is 0.852. The first kappa shape index (κ1) is 14.5. The maximum absolute atomic E-state index is 12.1. The molecule has 1 fully saturated rings. The summed E-state index contributed by atoms with van der Waals surface area (Å²) < 4.78 is 23.8. The molecule has 2 rings (SSSR count). The minimum absolute atomic E-state index is 0.0376. The van der Waals surface area contributed by atoms with E-state index >= 15 is 0 Å². The normalized spacial score (nSPS) is 21.3. The first-order valence-electron chi connectivity index (χ1n) is 6.08. The van der Waals surface area contributed by atoms with Crippen molar-refractivity contribution in [2.75, 3.05) is 18.6 Å². The minimum Gasteiger partial charge on any atom is -0.341 e. The number of nitrogens with zero attached hydrogens (tertiary/aromatic N) is 1. The van der Waals surface area contributed by atoms with E-state index in [4.69, 9.17) is 0 Å². The molecule has 0 saturated carbocycles. The molecule has 0 spiro atoms. The lowest BCUT2D eigenvalue weighted by atomic mass is 10.1. The van der Waals surface area contributed by atoms with Gasteiger partial charge in [0, 0.05) is 17.6 Å². The highest BCUT2D eigenvalue weighted by Gasteiger charge is 2.32. The van der Waals surface area contributed by atoms with Gasteiger partial charge in [-0.3, -0.25) is 4.79 Å². The van der Waals surface area contributed by atoms with Crippen LogP contribution < -0.4 is 0 Å². The number of sulfone groups is 1. The van der Waals surface area contributed by atoms with E-state index in [0.717, 1.165) is 10.0 Å². The van der Waals surface area contributed by atoms with Crippen LogP contribution in [0.2, 0.25) is 0 Å². The van der Waals surface area contributed by atoms with E-state index in [1.807, 2.05) is 24.3 Å². The molecule has 1 aromatic rings. The second-order valence-electron chi connectivity index (χ2n) is 4.86. The maximum Gasteiger partial charge on any atom is 0.227 e. The molecular weight excluding hydrogens is 330 g/mol. The van der Waals surface area contributed by atoms with Gasteiger partial charge in [0.05, 0.1) is 17.9 Å². The molecule has 1 heterocycles. The van der Waals surface area contributed by atoms with Gasteiger partial charge in [0.15, 0.2) is 9.84 Å². The molecular formula is C13H16BrNO3S. The van der Waals surface area contributed by atoms with Crippen LogP contribution >= 0.6 is 15.9 Å². The lowest BCUT2D eigenvalue weighted by Gasteiger charge is -2.23. The molecule has 1 amide bonds. The summed E-state index contributed by atoms with van der Waals surface area (Å²) in [5.74, 6) is 0.243. The fourth-order valence-electron chi connectivity index (χ4n) is 2.19. The Morgan fingerprint density at radius 2 is 2.00 bits per heavy atom. The van der Waals surface area contributed by atoms with E-state index in [9.17, 15) is 13.2 Å². The average Bonchev–Trinajstić information content (AvgIpc) is 2.71. The Balaban J connectivity index is 1.98. The Bertz CT molecular complexity index is 568. The highest BCUT2D eigenvalue weighted by Crippen LogP contribution is 2.18. The van der Waals surface area contributed by atoms with E-state index in [0.29, 0.717) is 12.8 Å². The van der Waals surface area contributed by atoms with Crippen LogP contribution in [0, 0.1) is 0 Å². The van der Waals surface area contributed by atoms with Crippen LogP contribution in [0.5, 0.6) is 0 Å². The number of halogens is 1. The number of hydrogen-bond donors (Lipinski definition) is 0. The van der Waals surface area contributed by atoms with Gasteiger partial charge < -0.3 is 4.90 Å². The number of amides is 1. The van der Waals surface area contributed by atoms with E-state index in [1.54, 1.807) is 11.9 Å². The third-order valence-corrected chi connectivity index (χ3v) is 5.70. The fraction of sp³-hybridized carbons (Fsp3) is 0.462. The standard InChI is InChI=1S/C13H16BrNO3S/c1-15(12-6-7-19(17,18)9-12)13(16)8-10-2-4-11(14)5-3-10/h2-5,12H,6-9H2,1H3. The van der Waals surface area contributed by atoms with E-state index < -0.39 is 9.84 Å². The van der Waals surface area contributed by atoms with Gasteiger partial charge in [-0.25, -0.2) is 8.42 Å². The number of rotatable bonds is 3. The zero-order chi connectivity index (χ0) is 14.0. The summed E-state index contributed by atoms with van der Waals surface area (Å²) >= 11 is 3.34. The molecule has 104 valence electrons. The van der Waals surface area contributed by atoms with Crippen molar-refractivity contribution in [3.05, 3.63) is 34.3 Å². The van der Waals surface area contributed by atoms with Gasteiger partial charge in [-0.15, -0.1) is 0 Å². The summed E-state index contributed by atoms with van der Waals surface area (Å²) in [4.78, 5) is 13.7. The second kappa shape index (κ2) is 5.63. The number of hydrogen-bond acceptors (Lipinski definition) is 3. The minimum atomic E-state index is -2.95. The van der Waals surface area contributed by atoms with Crippen LogP contribution in [-0.4, -0.2) is 43.8 Å². The Kier molecular flexibility index (Phi) is 4.30. The molecule has 1 aliphatic rings. The van der Waals surface area contributed by atoms with Crippen LogP contribution in [0.15, 0.2) is 28.7 Å². The summed E-state index contributed by atoms with van der Waals surface area (Å²) in [7, 11) is -1.27. The topological polar surface area (TPSA) is 54.5 Å². The molecule has 1 aliphatic heterocycles. The van der Waals surface area contributed by atoms with Crippen LogP contribution in [0.4, 0.5) is 0 Å². The van der Waals surface area contributed by atoms with Crippen molar-refractivity contribution in [2.45, 2.75) is 18.9 Å². The first-order chi connectivity index (χ1) is 8.87. The summed E-state index contributed by atoms with van der Waals surface area (Å²) in [6.45, 7) is 0. The first-order valence-corrected chi connectivity index (χ1v) is 8.69. The molecule has 1 saturated heterocycles. The zero-order valence-electron chi connectivity index (χ0n) is 10.7. The molecule has 6 heteroatoms. The third-order valence-electron chi connectivity index (χ3n) is 3.42. The van der Waals surface area contributed by atoms with Gasteiger partial charge >= 0.3 is 0 Å². The predicted molar refractivity (Wildman–Crippen MR) is 77.7 cm³/mol. The van der Waals surface area contributed by atoms with E-state index in [1.165, 1.54) is 0 Å². The smallest absolute Gasteiger partial charge is 0.227 e. The quantitative estimate of drug-likeness (QED) is 0.836. The second-order valence-corrected chi connectivity index (χ2v) is 8.01. The zero-order valence-corrected chi connectivity index (χ0v) is 13.1. The van der Waals surface area contributed by atoms with Crippen molar-refractivity contribution in [2.24, 2.45) is 0 Å². The van der Waals surface area contributed by atoms with E-state index in [-0.39, 0.29) is 23.5 Å². The van der Waals surface area contributed by atoms with Crippen molar-refractivity contribution >= 4 is 31.7 Å². The van der Waals surface area contributed by atoms with Crippen LogP contribution in [0.1, 0.15) is 12.0 Å². The van der Waals surface area contributed by atoms with Crippen molar-refractivity contribution in [3.63, 3.8) is 0 Å². The Morgan fingerprint density at radius 3 is 2.53 bits per heavy atom. The van der Waals surface area contributed by atoms with Gasteiger partial charge in [0.2, 0.25) is 5.91 Å². The van der Waals surface area contributed by atoms with Gasteiger partial charge in [-0.2, -0.15) is 0 Å². The van der Waals surface area contributed by atoms with Crippen molar-refractivity contribution in [1.29, 1.82) is 0 Å². The van der Waals surface area contributed by atoms with Crippen LogP contribution in [0.25, 0.3) is 0 Å². The summed E-state index contributed by atoms with van der Waals surface area (Å²) in [6, 6.07) is 7.39. The Labute approximate surface area is 121 Å². The molecule has 0 aliphatic carbocycles. The van der Waals surface area contributed by atoms with Gasteiger partial charge in [0.1, 0.15) is 0 Å². The van der Waals surface area contributed by atoms with Crippen molar-refractivity contribution in [1.82, 2.24) is 4.90 Å². The molecule has 0 radical (unpaired) electrons. The molecule has 0 aromatic heterocycles. The fourth-order valence-corrected chi connectivity index (χ4v) is 4.22. The van der Waals surface area contributed by atoms with Crippen LogP contribution in [-0.2, 0) is 21.1 Å². The molecule has 1 unspecified atom stereocenters. The Morgan fingerprint density at radius 1 is 1.37 bits per heavy atom. The van der Waals surface area contributed by atoms with Crippen molar-refractivity contribution < 1.29 is 13.2 Å². The number of carbonyl (C=O) groups is 1. The predicted octanol–water partition coefficient (Wildman–Crippen LogP) is 1.64. The lowest BCUT2D eigenvalue weighted by molar-refractivity contribution is -0.130. The molecule has 1 atom stereocenters. The SMILES string of the molecule is CN(C(=O)Cc1ccc(Br)cc1)C1CCS(=O)(=O)C1. The van der Waals surface area contributed by atoms with Gasteiger partial charge in [-0.05, 0) is 24.1 Å². The third kappa shape index (κ3) is 3.79. The average molecular weight is 346 g/mol. The molecule has 0 bridgehead atoms. The van der Waals surface area contributed by atoms with Gasteiger partial charge in [-0.1, -0.05) is 28.1 Å². The molecule has 0 N–H and O–H groups in total. The number of carbonyl (C=O) groups excluding carboxylic acids is 1. The van der Waals surface area contributed by atoms with Crippen LogP contribution in [0.3, 0.4) is 0 Å². The highest BCUT2D eigenvalue weighted by molar-refractivity contribution is 9.10. The van der Waals surface area contributed by atoms with Crippen molar-refractivity contribution in [3.8, 4) is 0 Å². The molecule has 4 nitrogen and oxygen atoms in total. The monoisotopic (exact) mass is 345 g/mol. The Hall–Kier alpha value is -0.880. The highest BCUT2D eigenvalue weighted by atomic mass is 79.9.